The molecule has 0 N–H and O–H groups in total. The second-order valence-electron chi connectivity index (χ2n) is 2.05. The van der Waals surface area contributed by atoms with E-state index in [-0.39, 0.29) is 0 Å². The van der Waals surface area contributed by atoms with Crippen LogP contribution in [0.1, 0.15) is 0 Å². The third-order valence-corrected chi connectivity index (χ3v) is 1.32. The molecule has 0 saturated carbocycles. The summed E-state index contributed by atoms with van der Waals surface area (Å²) in [6.07, 6.45) is 0.787. The minimum absolute atomic E-state index is 0.787. The fraction of sp³-hybridized carbons (Fsp3) is 0.125. The lowest BCUT2D eigenvalue weighted by Gasteiger charge is -2.08. The summed E-state index contributed by atoms with van der Waals surface area (Å²) in [4.78, 5) is 11.8. The highest BCUT2D eigenvalue weighted by atomic mass is 16.1. The summed E-state index contributed by atoms with van der Waals surface area (Å²) >= 11 is 0. The number of hydrogen-bond acceptors (Lipinski definition) is 1. The van der Waals surface area contributed by atoms with Gasteiger partial charge >= 0.3 is 0 Å². The Bertz CT molecular complexity index is 208. The zero-order chi connectivity index (χ0) is 7.40. The van der Waals surface area contributed by atoms with Crippen LogP contribution in [0.25, 0.3) is 0 Å². The first-order valence-corrected chi connectivity index (χ1v) is 3.08. The van der Waals surface area contributed by atoms with E-state index in [0.717, 1.165) is 12.1 Å². The SMILES string of the molecule is CN(C=O)[13c]1ccccc1. The number of para-hydroxylation sites is 1. The maximum Gasteiger partial charge on any atom is 0.213 e. The number of rotatable bonds is 2. The Labute approximate surface area is 60.1 Å². The lowest BCUT2D eigenvalue weighted by Crippen LogP contribution is -2.12. The van der Waals surface area contributed by atoms with Crippen molar-refractivity contribution in [2.24, 2.45) is 0 Å². The van der Waals surface area contributed by atoms with Crippen molar-refractivity contribution in [3.05, 3.63) is 30.3 Å². The average Bonchev–Trinajstić information content (AvgIpc) is 2.05. The smallest absolute Gasteiger partial charge is 0.213 e. The third-order valence-electron chi connectivity index (χ3n) is 1.32. The van der Waals surface area contributed by atoms with Gasteiger partial charge < -0.3 is 4.90 Å². The van der Waals surface area contributed by atoms with E-state index in [0.29, 0.717) is 0 Å². The van der Waals surface area contributed by atoms with Gasteiger partial charge in [-0.1, -0.05) is 18.2 Å². The van der Waals surface area contributed by atoms with Crippen LogP contribution in [0.4, 0.5) is 5.69 Å². The molecule has 0 aromatic heterocycles. The summed E-state index contributed by atoms with van der Waals surface area (Å²) in [5.41, 5.74) is 0.914. The molecule has 0 radical (unpaired) electrons. The molecule has 0 bridgehead atoms. The van der Waals surface area contributed by atoms with Crippen molar-refractivity contribution in [3.63, 3.8) is 0 Å². The van der Waals surface area contributed by atoms with Crippen LogP contribution in [0.5, 0.6) is 0 Å². The molecule has 0 aliphatic rings. The van der Waals surface area contributed by atoms with Gasteiger partial charge in [-0.25, -0.2) is 0 Å². The third kappa shape index (κ3) is 1.35. The van der Waals surface area contributed by atoms with E-state index >= 15 is 0 Å². The highest BCUT2D eigenvalue weighted by Gasteiger charge is 1.93. The first kappa shape index (κ1) is 6.81. The van der Waals surface area contributed by atoms with Gasteiger partial charge in [-0.3, -0.25) is 4.79 Å². The van der Waals surface area contributed by atoms with Crippen molar-refractivity contribution in [1.82, 2.24) is 0 Å². The Morgan fingerprint density at radius 1 is 1.30 bits per heavy atom. The van der Waals surface area contributed by atoms with Gasteiger partial charge in [0.2, 0.25) is 6.41 Å². The summed E-state index contributed by atoms with van der Waals surface area (Å²) in [6, 6.07) is 9.48. The second-order valence-corrected chi connectivity index (χ2v) is 2.05. The van der Waals surface area contributed by atoms with Crippen molar-refractivity contribution >= 4 is 12.1 Å². The molecular formula is C8H9NO. The maximum atomic E-state index is 10.2. The molecular weight excluding hydrogens is 127 g/mol. The lowest BCUT2D eigenvalue weighted by atomic mass is 10.4. The quantitative estimate of drug-likeness (QED) is 0.561. The molecule has 0 aliphatic carbocycles. The van der Waals surface area contributed by atoms with Gasteiger partial charge in [0, 0.05) is 12.7 Å². The van der Waals surface area contributed by atoms with Crippen molar-refractivity contribution in [1.29, 1.82) is 0 Å². The molecule has 1 aromatic rings. The molecule has 0 saturated heterocycles. The topological polar surface area (TPSA) is 20.3 Å². The summed E-state index contributed by atoms with van der Waals surface area (Å²) in [6.45, 7) is 0. The van der Waals surface area contributed by atoms with Gasteiger partial charge in [0.1, 0.15) is 0 Å². The Hall–Kier alpha value is -1.31. The van der Waals surface area contributed by atoms with E-state index in [1.807, 2.05) is 30.3 Å². The molecule has 1 amide bonds. The number of anilines is 1. The summed E-state index contributed by atoms with van der Waals surface area (Å²) in [5, 5.41) is 0. The molecule has 0 heterocycles. The van der Waals surface area contributed by atoms with E-state index in [1.165, 1.54) is 4.90 Å². The second kappa shape index (κ2) is 3.01. The molecule has 0 aliphatic heterocycles. The number of nitrogens with zero attached hydrogens (tertiary/aromatic N) is 1. The minimum atomic E-state index is 0.787. The predicted molar refractivity (Wildman–Crippen MR) is 40.9 cm³/mol. The zero-order valence-electron chi connectivity index (χ0n) is 5.82. The largest absolute Gasteiger partial charge is 0.318 e. The van der Waals surface area contributed by atoms with Crippen LogP contribution < -0.4 is 4.90 Å². The first-order chi connectivity index (χ1) is 4.84. The Kier molecular flexibility index (Phi) is 2.05. The van der Waals surface area contributed by atoms with Crippen LogP contribution in [0.3, 0.4) is 0 Å². The Morgan fingerprint density at radius 2 is 1.90 bits per heavy atom. The zero-order valence-corrected chi connectivity index (χ0v) is 5.82. The molecule has 0 unspecified atom stereocenters. The number of carbonyl (C=O) groups excluding carboxylic acids is 1. The highest BCUT2D eigenvalue weighted by molar-refractivity contribution is 5.73. The van der Waals surface area contributed by atoms with Gasteiger partial charge in [-0.05, 0) is 12.1 Å². The van der Waals surface area contributed by atoms with Crippen molar-refractivity contribution in [3.8, 4) is 0 Å². The summed E-state index contributed by atoms with van der Waals surface area (Å²) in [5.74, 6) is 0. The standard InChI is InChI=1S/C8H9NO/c1-9(7-10)8-5-3-2-4-6-8/h2-7H,1H3/i8+1. The fourth-order valence-electron chi connectivity index (χ4n) is 0.724. The molecule has 2 nitrogen and oxygen atoms in total. The summed E-state index contributed by atoms with van der Waals surface area (Å²) in [7, 11) is 1.72. The number of hydrogen-bond donors (Lipinski definition) is 0. The maximum absolute atomic E-state index is 10.2. The van der Waals surface area contributed by atoms with Gasteiger partial charge in [-0.2, -0.15) is 0 Å². The van der Waals surface area contributed by atoms with Gasteiger partial charge in [-0.15, -0.1) is 0 Å². The summed E-state index contributed by atoms with van der Waals surface area (Å²) < 4.78 is 0. The molecule has 52 valence electrons. The van der Waals surface area contributed by atoms with Gasteiger partial charge in [0.15, 0.2) is 0 Å². The van der Waals surface area contributed by atoms with Crippen LogP contribution in [-0.2, 0) is 4.79 Å². The van der Waals surface area contributed by atoms with Crippen LogP contribution in [0.2, 0.25) is 0 Å². The van der Waals surface area contributed by atoms with E-state index in [2.05, 4.69) is 0 Å². The molecule has 10 heavy (non-hydrogen) atoms. The Balaban J connectivity index is 2.84. The molecule has 1 rings (SSSR count). The minimum Gasteiger partial charge on any atom is -0.318 e. The van der Waals surface area contributed by atoms with Crippen LogP contribution in [0, 0.1) is 0 Å². The van der Waals surface area contributed by atoms with Crippen molar-refractivity contribution in [2.75, 3.05) is 11.9 Å². The molecule has 0 atom stereocenters. The Morgan fingerprint density at radius 3 is 2.40 bits per heavy atom. The van der Waals surface area contributed by atoms with Gasteiger partial charge in [0.25, 0.3) is 0 Å². The number of benzene rings is 1. The van der Waals surface area contributed by atoms with Crippen molar-refractivity contribution in [2.45, 2.75) is 0 Å². The number of amides is 1. The highest BCUT2D eigenvalue weighted by Crippen LogP contribution is 2.07. The first-order valence-electron chi connectivity index (χ1n) is 3.08. The van der Waals surface area contributed by atoms with E-state index in [9.17, 15) is 4.79 Å². The normalized spacial score (nSPS) is 8.90. The van der Waals surface area contributed by atoms with Crippen molar-refractivity contribution < 1.29 is 4.79 Å². The number of carbonyl (C=O) groups is 1. The van der Waals surface area contributed by atoms with Crippen LogP contribution in [-0.4, -0.2) is 13.5 Å². The van der Waals surface area contributed by atoms with E-state index in [1.54, 1.807) is 7.05 Å². The monoisotopic (exact) mass is 136 g/mol. The van der Waals surface area contributed by atoms with E-state index in [4.69, 9.17) is 0 Å². The average molecular weight is 136 g/mol. The van der Waals surface area contributed by atoms with Crippen LogP contribution in [0.15, 0.2) is 30.3 Å². The van der Waals surface area contributed by atoms with Gasteiger partial charge in [0.05, 0.1) is 0 Å². The molecule has 2 heteroatoms. The predicted octanol–water partition coefficient (Wildman–Crippen LogP) is 1.28. The van der Waals surface area contributed by atoms with Crippen LogP contribution >= 0.6 is 0 Å². The molecule has 0 fully saturated rings. The molecule has 0 spiro atoms. The fourth-order valence-corrected chi connectivity index (χ4v) is 0.724. The molecule has 1 aromatic carbocycles. The van der Waals surface area contributed by atoms with E-state index < -0.39 is 0 Å². The lowest BCUT2D eigenvalue weighted by molar-refractivity contribution is -0.107.